The summed E-state index contributed by atoms with van der Waals surface area (Å²) in [6, 6.07) is 1.63. The third kappa shape index (κ3) is 3.21. The summed E-state index contributed by atoms with van der Waals surface area (Å²) in [5.41, 5.74) is 6.80. The quantitative estimate of drug-likeness (QED) is 0.798. The Balaban J connectivity index is 2.73. The monoisotopic (exact) mass is 226 g/mol. The van der Waals surface area contributed by atoms with Gasteiger partial charge < -0.3 is 5.73 Å². The molecule has 1 saturated carbocycles. The minimum absolute atomic E-state index is 0.377. The first-order valence-corrected chi connectivity index (χ1v) is 6.92. The van der Waals surface area contributed by atoms with Gasteiger partial charge in [0.25, 0.3) is 0 Å². The standard InChI is InChI=1S/C14H30N2/c1-6-11(3)16(7-2)13-10-14(4,5)9-8-12(13)15/h11-13H,6-10,15H2,1-5H3. The Morgan fingerprint density at radius 1 is 1.38 bits per heavy atom. The number of likely N-dealkylation sites (N-methyl/N-ethyl adjacent to an activating group) is 1. The van der Waals surface area contributed by atoms with Gasteiger partial charge in [-0.1, -0.05) is 27.7 Å². The average molecular weight is 226 g/mol. The highest BCUT2D eigenvalue weighted by atomic mass is 15.2. The molecule has 3 unspecified atom stereocenters. The van der Waals surface area contributed by atoms with Crippen LogP contribution in [0.4, 0.5) is 0 Å². The molecule has 1 fully saturated rings. The van der Waals surface area contributed by atoms with E-state index in [2.05, 4.69) is 39.5 Å². The Labute approximate surface area is 102 Å². The van der Waals surface area contributed by atoms with Gasteiger partial charge in [0.05, 0.1) is 0 Å². The third-order valence-corrected chi connectivity index (χ3v) is 4.36. The van der Waals surface area contributed by atoms with Crippen LogP contribution in [0.25, 0.3) is 0 Å². The van der Waals surface area contributed by atoms with Crippen LogP contribution in [0.1, 0.15) is 60.3 Å². The molecule has 96 valence electrons. The highest BCUT2D eigenvalue weighted by molar-refractivity contribution is 4.93. The maximum atomic E-state index is 6.33. The molecule has 2 N–H and O–H groups in total. The van der Waals surface area contributed by atoms with Gasteiger partial charge in [0.2, 0.25) is 0 Å². The lowest BCUT2D eigenvalue weighted by Crippen LogP contribution is -2.55. The van der Waals surface area contributed by atoms with Crippen LogP contribution in [-0.2, 0) is 0 Å². The summed E-state index contributed by atoms with van der Waals surface area (Å²) in [6.45, 7) is 12.8. The molecule has 2 heteroatoms. The first-order chi connectivity index (χ1) is 7.41. The molecule has 3 atom stereocenters. The topological polar surface area (TPSA) is 29.3 Å². The molecule has 1 aliphatic rings. The lowest BCUT2D eigenvalue weighted by atomic mass is 9.72. The lowest BCUT2D eigenvalue weighted by molar-refractivity contribution is 0.0542. The third-order valence-electron chi connectivity index (χ3n) is 4.36. The van der Waals surface area contributed by atoms with Gasteiger partial charge >= 0.3 is 0 Å². The van der Waals surface area contributed by atoms with E-state index in [4.69, 9.17) is 5.73 Å². The number of hydrogen-bond donors (Lipinski definition) is 1. The molecule has 0 heterocycles. The van der Waals surface area contributed by atoms with Gasteiger partial charge in [0.1, 0.15) is 0 Å². The van der Waals surface area contributed by atoms with Crippen molar-refractivity contribution < 1.29 is 0 Å². The molecule has 0 aromatic rings. The predicted molar refractivity (Wildman–Crippen MR) is 71.5 cm³/mol. The Hall–Kier alpha value is -0.0800. The van der Waals surface area contributed by atoms with Crippen LogP contribution < -0.4 is 5.73 Å². The molecule has 1 rings (SSSR count). The zero-order valence-electron chi connectivity index (χ0n) is 11.8. The van der Waals surface area contributed by atoms with Gasteiger partial charge in [-0.2, -0.15) is 0 Å². The Morgan fingerprint density at radius 2 is 2.00 bits per heavy atom. The van der Waals surface area contributed by atoms with Gasteiger partial charge in [0.15, 0.2) is 0 Å². The van der Waals surface area contributed by atoms with Gasteiger partial charge in [0, 0.05) is 18.1 Å². The molecule has 0 amide bonds. The molecule has 0 aromatic heterocycles. The molecule has 16 heavy (non-hydrogen) atoms. The van der Waals surface area contributed by atoms with Crippen molar-refractivity contribution in [2.45, 2.75) is 78.4 Å². The zero-order chi connectivity index (χ0) is 12.3. The number of nitrogens with two attached hydrogens (primary N) is 1. The van der Waals surface area contributed by atoms with Crippen molar-refractivity contribution in [3.05, 3.63) is 0 Å². The SMILES string of the molecule is CCC(C)N(CC)C1CC(C)(C)CCC1N. The van der Waals surface area contributed by atoms with Crippen molar-refractivity contribution in [3.8, 4) is 0 Å². The van der Waals surface area contributed by atoms with Crippen LogP contribution in [0.2, 0.25) is 0 Å². The van der Waals surface area contributed by atoms with Gasteiger partial charge in [-0.25, -0.2) is 0 Å². The number of rotatable bonds is 4. The van der Waals surface area contributed by atoms with E-state index in [0.29, 0.717) is 23.5 Å². The van der Waals surface area contributed by atoms with E-state index in [0.717, 1.165) is 6.54 Å². The first kappa shape index (κ1) is 14.0. The summed E-state index contributed by atoms with van der Waals surface area (Å²) < 4.78 is 0. The van der Waals surface area contributed by atoms with E-state index in [-0.39, 0.29) is 0 Å². The highest BCUT2D eigenvalue weighted by Crippen LogP contribution is 2.37. The molecule has 0 radical (unpaired) electrons. The van der Waals surface area contributed by atoms with E-state index in [1.807, 2.05) is 0 Å². The second-order valence-corrected chi connectivity index (χ2v) is 6.23. The van der Waals surface area contributed by atoms with Crippen molar-refractivity contribution in [1.82, 2.24) is 4.90 Å². The molecule has 0 bridgehead atoms. The average Bonchev–Trinajstić information content (AvgIpc) is 2.23. The molecule has 0 aliphatic heterocycles. The van der Waals surface area contributed by atoms with Crippen molar-refractivity contribution in [2.24, 2.45) is 11.1 Å². The fourth-order valence-corrected chi connectivity index (χ4v) is 3.04. The maximum absolute atomic E-state index is 6.33. The number of hydrogen-bond acceptors (Lipinski definition) is 2. The summed E-state index contributed by atoms with van der Waals surface area (Å²) >= 11 is 0. The summed E-state index contributed by atoms with van der Waals surface area (Å²) in [5.74, 6) is 0. The molecule has 0 spiro atoms. The molecule has 2 nitrogen and oxygen atoms in total. The van der Waals surface area contributed by atoms with Crippen molar-refractivity contribution in [2.75, 3.05) is 6.54 Å². The highest BCUT2D eigenvalue weighted by Gasteiger charge is 2.36. The minimum Gasteiger partial charge on any atom is -0.326 e. The maximum Gasteiger partial charge on any atom is 0.0254 e. The van der Waals surface area contributed by atoms with Crippen LogP contribution in [0.3, 0.4) is 0 Å². The van der Waals surface area contributed by atoms with Crippen molar-refractivity contribution >= 4 is 0 Å². The van der Waals surface area contributed by atoms with E-state index >= 15 is 0 Å². The molecular formula is C14H30N2. The summed E-state index contributed by atoms with van der Waals surface area (Å²) in [5, 5.41) is 0. The smallest absolute Gasteiger partial charge is 0.0254 e. The van der Waals surface area contributed by atoms with Crippen LogP contribution in [0, 0.1) is 5.41 Å². The zero-order valence-corrected chi connectivity index (χ0v) is 11.8. The largest absolute Gasteiger partial charge is 0.326 e. The Bertz CT molecular complexity index is 213. The van der Waals surface area contributed by atoms with Crippen LogP contribution in [-0.4, -0.2) is 29.6 Å². The van der Waals surface area contributed by atoms with Gasteiger partial charge in [-0.15, -0.1) is 0 Å². The van der Waals surface area contributed by atoms with Gasteiger partial charge in [-0.3, -0.25) is 4.90 Å². The van der Waals surface area contributed by atoms with E-state index in [1.165, 1.54) is 25.7 Å². The molecule has 0 saturated heterocycles. The Kier molecular flexibility index (Phi) is 4.81. The molecular weight excluding hydrogens is 196 g/mol. The predicted octanol–water partition coefficient (Wildman–Crippen LogP) is 3.01. The summed E-state index contributed by atoms with van der Waals surface area (Å²) in [4.78, 5) is 2.62. The van der Waals surface area contributed by atoms with Crippen molar-refractivity contribution in [3.63, 3.8) is 0 Å². The normalized spacial score (nSPS) is 31.7. The van der Waals surface area contributed by atoms with E-state index in [1.54, 1.807) is 0 Å². The van der Waals surface area contributed by atoms with Crippen LogP contribution in [0.5, 0.6) is 0 Å². The first-order valence-electron chi connectivity index (χ1n) is 6.92. The number of nitrogens with zero attached hydrogens (tertiary/aromatic N) is 1. The Morgan fingerprint density at radius 3 is 2.50 bits per heavy atom. The van der Waals surface area contributed by atoms with Gasteiger partial charge in [-0.05, 0) is 44.6 Å². The van der Waals surface area contributed by atoms with Crippen LogP contribution in [0.15, 0.2) is 0 Å². The summed E-state index contributed by atoms with van der Waals surface area (Å²) in [6.07, 6.45) is 4.94. The molecule has 1 aliphatic carbocycles. The second-order valence-electron chi connectivity index (χ2n) is 6.23. The fraction of sp³-hybridized carbons (Fsp3) is 1.00. The van der Waals surface area contributed by atoms with E-state index < -0.39 is 0 Å². The van der Waals surface area contributed by atoms with Crippen LogP contribution >= 0.6 is 0 Å². The molecule has 0 aromatic carbocycles. The lowest BCUT2D eigenvalue weighted by Gasteiger charge is -2.46. The summed E-state index contributed by atoms with van der Waals surface area (Å²) in [7, 11) is 0. The minimum atomic E-state index is 0.377. The van der Waals surface area contributed by atoms with E-state index in [9.17, 15) is 0 Å². The second kappa shape index (κ2) is 5.50. The fourth-order valence-electron chi connectivity index (χ4n) is 3.04. The van der Waals surface area contributed by atoms with Crippen molar-refractivity contribution in [1.29, 1.82) is 0 Å².